The van der Waals surface area contributed by atoms with E-state index in [9.17, 15) is 0 Å². The van der Waals surface area contributed by atoms with Crippen LogP contribution in [0.1, 0.15) is 11.1 Å². The molecule has 0 amide bonds. The predicted molar refractivity (Wildman–Crippen MR) is 84.7 cm³/mol. The van der Waals surface area contributed by atoms with Gasteiger partial charge in [0.15, 0.2) is 0 Å². The van der Waals surface area contributed by atoms with Crippen molar-refractivity contribution in [2.45, 2.75) is 6.54 Å². The van der Waals surface area contributed by atoms with Crippen molar-refractivity contribution >= 4 is 16.9 Å². The molecule has 21 heavy (non-hydrogen) atoms. The van der Waals surface area contributed by atoms with Crippen LogP contribution >= 0.6 is 0 Å². The maximum Gasteiger partial charge on any atom is 0.128 e. The SMILES string of the molecule is c1ccc(C2=NCCN2)c(Cn2cnc3ccccc32)c1. The zero-order valence-electron chi connectivity index (χ0n) is 11.7. The van der Waals surface area contributed by atoms with Crippen molar-refractivity contribution in [3.05, 3.63) is 66.0 Å². The van der Waals surface area contributed by atoms with E-state index in [1.54, 1.807) is 0 Å². The van der Waals surface area contributed by atoms with Crippen molar-refractivity contribution in [2.75, 3.05) is 13.1 Å². The van der Waals surface area contributed by atoms with E-state index >= 15 is 0 Å². The highest BCUT2D eigenvalue weighted by atomic mass is 15.1. The van der Waals surface area contributed by atoms with Gasteiger partial charge in [-0.05, 0) is 17.7 Å². The third-order valence-corrected chi connectivity index (χ3v) is 3.81. The van der Waals surface area contributed by atoms with Crippen molar-refractivity contribution in [3.63, 3.8) is 0 Å². The molecule has 2 heterocycles. The predicted octanol–water partition coefficient (Wildman–Crippen LogP) is 2.43. The van der Waals surface area contributed by atoms with Crippen molar-refractivity contribution in [3.8, 4) is 0 Å². The smallest absolute Gasteiger partial charge is 0.128 e. The van der Waals surface area contributed by atoms with Gasteiger partial charge in [-0.15, -0.1) is 0 Å². The molecule has 0 radical (unpaired) electrons. The number of imidazole rings is 1. The van der Waals surface area contributed by atoms with Crippen LogP contribution in [0.5, 0.6) is 0 Å². The molecule has 0 bridgehead atoms. The minimum atomic E-state index is 0.803. The maximum absolute atomic E-state index is 4.54. The summed E-state index contributed by atoms with van der Waals surface area (Å²) in [6.45, 7) is 2.59. The first-order valence-electron chi connectivity index (χ1n) is 7.18. The molecule has 1 aliphatic heterocycles. The van der Waals surface area contributed by atoms with E-state index in [4.69, 9.17) is 0 Å². The molecule has 0 saturated heterocycles. The highest BCUT2D eigenvalue weighted by Crippen LogP contribution is 2.17. The maximum atomic E-state index is 4.54. The molecule has 0 unspecified atom stereocenters. The Morgan fingerprint density at radius 1 is 1.05 bits per heavy atom. The zero-order valence-corrected chi connectivity index (χ0v) is 11.7. The number of aromatic nitrogens is 2. The summed E-state index contributed by atoms with van der Waals surface area (Å²) in [5.41, 5.74) is 4.64. The quantitative estimate of drug-likeness (QED) is 0.798. The molecular weight excluding hydrogens is 260 g/mol. The number of amidine groups is 1. The van der Waals surface area contributed by atoms with Crippen LogP contribution in [-0.4, -0.2) is 28.5 Å². The summed E-state index contributed by atoms with van der Waals surface area (Å²) in [4.78, 5) is 9.00. The largest absolute Gasteiger partial charge is 0.368 e. The molecule has 1 aliphatic rings. The second kappa shape index (κ2) is 5.05. The number of hydrogen-bond acceptors (Lipinski definition) is 3. The molecule has 0 atom stereocenters. The Morgan fingerprint density at radius 3 is 2.81 bits per heavy atom. The average Bonchev–Trinajstić information content (AvgIpc) is 3.18. The minimum absolute atomic E-state index is 0.803. The Labute approximate surface area is 123 Å². The van der Waals surface area contributed by atoms with Crippen LogP contribution in [0.2, 0.25) is 0 Å². The Kier molecular flexibility index (Phi) is 2.92. The molecule has 4 heteroatoms. The van der Waals surface area contributed by atoms with Gasteiger partial charge in [-0.1, -0.05) is 36.4 Å². The number of nitrogens with zero attached hydrogens (tertiary/aromatic N) is 3. The van der Waals surface area contributed by atoms with Gasteiger partial charge in [0, 0.05) is 18.7 Å². The van der Waals surface area contributed by atoms with Crippen molar-refractivity contribution < 1.29 is 0 Å². The lowest BCUT2D eigenvalue weighted by atomic mass is 10.1. The summed E-state index contributed by atoms with van der Waals surface area (Å²) in [6.07, 6.45) is 1.91. The fraction of sp³-hybridized carbons (Fsp3) is 0.176. The fourth-order valence-corrected chi connectivity index (χ4v) is 2.79. The van der Waals surface area contributed by atoms with Crippen LogP contribution < -0.4 is 5.32 Å². The standard InChI is InChI=1S/C17H16N4/c1-2-6-14(17-18-9-10-19-17)13(5-1)11-21-12-20-15-7-3-4-8-16(15)21/h1-8,12H,9-11H2,(H,18,19). The van der Waals surface area contributed by atoms with E-state index in [2.05, 4.69) is 56.3 Å². The van der Waals surface area contributed by atoms with E-state index < -0.39 is 0 Å². The molecule has 1 N–H and O–H groups in total. The molecule has 0 spiro atoms. The van der Waals surface area contributed by atoms with Crippen molar-refractivity contribution in [2.24, 2.45) is 4.99 Å². The van der Waals surface area contributed by atoms with Crippen LogP contribution in [0.3, 0.4) is 0 Å². The number of para-hydroxylation sites is 2. The summed E-state index contributed by atoms with van der Waals surface area (Å²) in [6, 6.07) is 16.6. The summed E-state index contributed by atoms with van der Waals surface area (Å²) in [5.74, 6) is 1.01. The number of nitrogens with one attached hydrogen (secondary N) is 1. The van der Waals surface area contributed by atoms with Crippen LogP contribution in [0.4, 0.5) is 0 Å². The molecule has 2 aromatic carbocycles. The third-order valence-electron chi connectivity index (χ3n) is 3.81. The lowest BCUT2D eigenvalue weighted by Crippen LogP contribution is -2.21. The van der Waals surface area contributed by atoms with Gasteiger partial charge in [0.1, 0.15) is 5.84 Å². The van der Waals surface area contributed by atoms with Crippen LogP contribution in [0, 0.1) is 0 Å². The Hall–Kier alpha value is -2.62. The average molecular weight is 276 g/mol. The van der Waals surface area contributed by atoms with Gasteiger partial charge in [0.05, 0.1) is 23.9 Å². The van der Waals surface area contributed by atoms with E-state index in [1.165, 1.54) is 11.1 Å². The normalized spacial score (nSPS) is 14.2. The molecule has 4 nitrogen and oxygen atoms in total. The topological polar surface area (TPSA) is 42.2 Å². The minimum Gasteiger partial charge on any atom is -0.368 e. The van der Waals surface area contributed by atoms with Crippen LogP contribution in [-0.2, 0) is 6.54 Å². The van der Waals surface area contributed by atoms with E-state index in [0.717, 1.165) is 36.5 Å². The summed E-state index contributed by atoms with van der Waals surface area (Å²) in [7, 11) is 0. The van der Waals surface area contributed by atoms with Crippen molar-refractivity contribution in [1.29, 1.82) is 0 Å². The molecule has 1 aromatic heterocycles. The molecular formula is C17H16N4. The van der Waals surface area contributed by atoms with Gasteiger partial charge in [0.2, 0.25) is 0 Å². The van der Waals surface area contributed by atoms with Gasteiger partial charge < -0.3 is 9.88 Å². The highest BCUT2D eigenvalue weighted by molar-refractivity contribution is 6.01. The van der Waals surface area contributed by atoms with E-state index in [0.29, 0.717) is 0 Å². The van der Waals surface area contributed by atoms with Gasteiger partial charge >= 0.3 is 0 Å². The van der Waals surface area contributed by atoms with Crippen LogP contribution in [0.25, 0.3) is 11.0 Å². The number of benzene rings is 2. The first-order chi connectivity index (χ1) is 10.4. The molecule has 0 fully saturated rings. The number of fused-ring (bicyclic) bond motifs is 1. The monoisotopic (exact) mass is 276 g/mol. The Morgan fingerprint density at radius 2 is 1.90 bits per heavy atom. The highest BCUT2D eigenvalue weighted by Gasteiger charge is 2.13. The lowest BCUT2D eigenvalue weighted by molar-refractivity contribution is 0.822. The summed E-state index contributed by atoms with van der Waals surface area (Å²) < 4.78 is 2.18. The van der Waals surface area contributed by atoms with E-state index in [1.807, 2.05) is 18.5 Å². The van der Waals surface area contributed by atoms with Crippen molar-refractivity contribution in [1.82, 2.24) is 14.9 Å². The second-order valence-electron chi connectivity index (χ2n) is 5.18. The molecule has 0 aliphatic carbocycles. The fourth-order valence-electron chi connectivity index (χ4n) is 2.79. The molecule has 104 valence electrons. The number of rotatable bonds is 3. The van der Waals surface area contributed by atoms with Crippen LogP contribution in [0.15, 0.2) is 59.9 Å². The summed E-state index contributed by atoms with van der Waals surface area (Å²) in [5, 5.41) is 3.36. The molecule has 3 aromatic rings. The van der Waals surface area contributed by atoms with Gasteiger partial charge in [-0.3, -0.25) is 4.99 Å². The second-order valence-corrected chi connectivity index (χ2v) is 5.18. The lowest BCUT2D eigenvalue weighted by Gasteiger charge is -2.11. The van der Waals surface area contributed by atoms with Gasteiger partial charge in [-0.2, -0.15) is 0 Å². The molecule has 0 saturated carbocycles. The first kappa shape index (κ1) is 12.1. The van der Waals surface area contributed by atoms with Gasteiger partial charge in [0.25, 0.3) is 0 Å². The first-order valence-corrected chi connectivity index (χ1v) is 7.18. The molecule has 4 rings (SSSR count). The number of aliphatic imine (C=N–C) groups is 1. The Balaban J connectivity index is 1.74. The van der Waals surface area contributed by atoms with Gasteiger partial charge in [-0.25, -0.2) is 4.98 Å². The Bertz CT molecular complexity index is 816. The summed E-state index contributed by atoms with van der Waals surface area (Å²) >= 11 is 0. The number of hydrogen-bond donors (Lipinski definition) is 1. The third kappa shape index (κ3) is 2.18. The van der Waals surface area contributed by atoms with E-state index in [-0.39, 0.29) is 0 Å². The zero-order chi connectivity index (χ0) is 14.1.